The van der Waals surface area contributed by atoms with Gasteiger partial charge in [-0.2, -0.15) is 0 Å². The van der Waals surface area contributed by atoms with Crippen molar-refractivity contribution >= 4 is 17.7 Å². The van der Waals surface area contributed by atoms with Gasteiger partial charge in [-0.3, -0.25) is 14.4 Å². The fourth-order valence-electron chi connectivity index (χ4n) is 3.38. The molecule has 3 N–H and O–H groups in total. The van der Waals surface area contributed by atoms with E-state index in [4.69, 9.17) is 0 Å². The van der Waals surface area contributed by atoms with Gasteiger partial charge in [0.15, 0.2) is 5.78 Å². The Morgan fingerprint density at radius 2 is 1.93 bits per heavy atom. The number of carbonyl (C=O) groups is 3. The third-order valence-corrected chi connectivity index (χ3v) is 4.65. The van der Waals surface area contributed by atoms with E-state index in [2.05, 4.69) is 10.3 Å². The normalized spacial score (nSPS) is 11.9. The number of hydrogen-bond donors (Lipinski definition) is 3. The van der Waals surface area contributed by atoms with Crippen LogP contribution in [0.1, 0.15) is 57.1 Å². The fourth-order valence-corrected chi connectivity index (χ4v) is 3.38. The van der Waals surface area contributed by atoms with Crippen LogP contribution in [-0.4, -0.2) is 34.3 Å². The van der Waals surface area contributed by atoms with E-state index >= 15 is 0 Å². The molecule has 144 valence electrons. The van der Waals surface area contributed by atoms with Gasteiger partial charge >= 0.3 is 5.97 Å². The van der Waals surface area contributed by atoms with Gasteiger partial charge in [-0.25, -0.2) is 0 Å². The number of carboxylic acid groups (broad SMARTS) is 1. The monoisotopic (exact) mass is 370 g/mol. The Morgan fingerprint density at radius 1 is 1.22 bits per heavy atom. The van der Waals surface area contributed by atoms with Crippen molar-refractivity contribution in [2.45, 2.75) is 40.5 Å². The highest BCUT2D eigenvalue weighted by Crippen LogP contribution is 2.20. The lowest BCUT2D eigenvalue weighted by atomic mass is 9.98. The lowest BCUT2D eigenvalue weighted by Gasteiger charge is -2.14. The molecule has 0 aliphatic rings. The summed E-state index contributed by atoms with van der Waals surface area (Å²) in [6.07, 6.45) is 0.869. The molecule has 1 amide bonds. The number of aryl methyl sites for hydroxylation is 2. The molecule has 0 saturated carbocycles. The number of hydrogen-bond acceptors (Lipinski definition) is 3. The number of aromatic amines is 1. The van der Waals surface area contributed by atoms with Crippen LogP contribution >= 0.6 is 0 Å². The van der Waals surface area contributed by atoms with Crippen LogP contribution in [0, 0.1) is 19.8 Å². The first-order chi connectivity index (χ1) is 12.7. The number of aliphatic carboxylic acids is 1. The Balaban J connectivity index is 2.14. The standard InChI is InChI=1S/C21H26N2O4/c1-5-17-18(14(4)24)13(3)23-19(17)20(25)22-11-16(21(26)27)10-15-8-6-7-12(2)9-15/h6-9,16,23H,5,10-11H2,1-4H3,(H,22,25)(H,26,27). The molecular formula is C21H26N2O4. The van der Waals surface area contributed by atoms with Gasteiger partial charge in [0.2, 0.25) is 0 Å². The molecule has 0 bridgehead atoms. The summed E-state index contributed by atoms with van der Waals surface area (Å²) in [6, 6.07) is 7.67. The molecule has 6 nitrogen and oxygen atoms in total. The molecule has 0 spiro atoms. The van der Waals surface area contributed by atoms with Crippen LogP contribution in [0.25, 0.3) is 0 Å². The summed E-state index contributed by atoms with van der Waals surface area (Å²) in [7, 11) is 0. The lowest BCUT2D eigenvalue weighted by molar-refractivity contribution is -0.141. The van der Waals surface area contributed by atoms with Crippen molar-refractivity contribution in [1.29, 1.82) is 0 Å². The minimum absolute atomic E-state index is 0.0126. The second-order valence-electron chi connectivity index (χ2n) is 6.83. The Kier molecular flexibility index (Phi) is 6.55. The summed E-state index contributed by atoms with van der Waals surface area (Å²) in [6.45, 7) is 7.07. The number of rotatable bonds is 8. The van der Waals surface area contributed by atoms with E-state index in [0.29, 0.717) is 35.4 Å². The number of amides is 1. The SMILES string of the molecule is CCc1c(C(=O)NCC(Cc2cccc(C)c2)C(=O)O)[nH]c(C)c1C(C)=O. The zero-order chi connectivity index (χ0) is 20.1. The summed E-state index contributed by atoms with van der Waals surface area (Å²) < 4.78 is 0. The van der Waals surface area contributed by atoms with Crippen LogP contribution in [0.3, 0.4) is 0 Å². The molecule has 0 saturated heterocycles. The van der Waals surface area contributed by atoms with Gasteiger partial charge in [0.1, 0.15) is 5.69 Å². The Morgan fingerprint density at radius 3 is 2.48 bits per heavy atom. The average molecular weight is 370 g/mol. The number of H-pyrrole nitrogens is 1. The molecule has 1 aromatic heterocycles. The van der Waals surface area contributed by atoms with Gasteiger partial charge in [-0.1, -0.05) is 36.8 Å². The Hall–Kier alpha value is -2.89. The van der Waals surface area contributed by atoms with E-state index in [0.717, 1.165) is 11.1 Å². The number of carbonyl (C=O) groups excluding carboxylic acids is 2. The number of Topliss-reactive ketones (excluding diaryl/α,β-unsaturated/α-hetero) is 1. The summed E-state index contributed by atoms with van der Waals surface area (Å²) in [5.41, 5.74) is 4.17. The van der Waals surface area contributed by atoms with E-state index < -0.39 is 17.8 Å². The molecular weight excluding hydrogens is 344 g/mol. The molecule has 6 heteroatoms. The number of ketones is 1. The third-order valence-electron chi connectivity index (χ3n) is 4.65. The van der Waals surface area contributed by atoms with Gasteiger partial charge < -0.3 is 15.4 Å². The zero-order valence-corrected chi connectivity index (χ0v) is 16.2. The van der Waals surface area contributed by atoms with E-state index in [-0.39, 0.29) is 12.3 Å². The molecule has 1 aromatic carbocycles. The number of aromatic nitrogens is 1. The van der Waals surface area contributed by atoms with Gasteiger partial charge in [-0.05, 0) is 44.7 Å². The molecule has 0 aliphatic heterocycles. The Bertz CT molecular complexity index is 867. The van der Waals surface area contributed by atoms with Gasteiger partial charge in [0.25, 0.3) is 5.91 Å². The van der Waals surface area contributed by atoms with E-state index in [1.807, 2.05) is 38.1 Å². The summed E-state index contributed by atoms with van der Waals surface area (Å²) in [5, 5.41) is 12.2. The second kappa shape index (κ2) is 8.66. The first-order valence-electron chi connectivity index (χ1n) is 9.03. The summed E-state index contributed by atoms with van der Waals surface area (Å²) in [4.78, 5) is 39.0. The smallest absolute Gasteiger partial charge is 0.308 e. The predicted octanol–water partition coefficient (Wildman–Crippen LogP) is 3.07. The van der Waals surface area contributed by atoms with Gasteiger partial charge in [0.05, 0.1) is 5.92 Å². The van der Waals surface area contributed by atoms with Crippen molar-refractivity contribution in [1.82, 2.24) is 10.3 Å². The van der Waals surface area contributed by atoms with Crippen LogP contribution in [0.15, 0.2) is 24.3 Å². The van der Waals surface area contributed by atoms with Gasteiger partial charge in [-0.15, -0.1) is 0 Å². The number of nitrogens with one attached hydrogen (secondary N) is 2. The van der Waals surface area contributed by atoms with Crippen molar-refractivity contribution < 1.29 is 19.5 Å². The first kappa shape index (κ1) is 20.4. The molecule has 1 unspecified atom stereocenters. The van der Waals surface area contributed by atoms with E-state index in [9.17, 15) is 19.5 Å². The quantitative estimate of drug-likeness (QED) is 0.622. The highest BCUT2D eigenvalue weighted by molar-refractivity contribution is 6.02. The van der Waals surface area contributed by atoms with Crippen molar-refractivity contribution in [3.05, 3.63) is 57.9 Å². The molecule has 1 atom stereocenters. The van der Waals surface area contributed by atoms with Crippen molar-refractivity contribution in [3.63, 3.8) is 0 Å². The topological polar surface area (TPSA) is 99.3 Å². The average Bonchev–Trinajstić information content (AvgIpc) is 2.94. The van der Waals surface area contributed by atoms with Crippen molar-refractivity contribution in [3.8, 4) is 0 Å². The third kappa shape index (κ3) is 4.84. The molecule has 0 aliphatic carbocycles. The maximum atomic E-state index is 12.6. The minimum atomic E-state index is -0.959. The largest absolute Gasteiger partial charge is 0.481 e. The molecule has 2 aromatic rings. The number of benzene rings is 1. The maximum Gasteiger partial charge on any atom is 0.308 e. The van der Waals surface area contributed by atoms with Crippen molar-refractivity contribution in [2.24, 2.45) is 5.92 Å². The van der Waals surface area contributed by atoms with Crippen LogP contribution in [0.4, 0.5) is 0 Å². The summed E-state index contributed by atoms with van der Waals surface area (Å²) in [5.74, 6) is -2.18. The number of carboxylic acids is 1. The van der Waals surface area contributed by atoms with Crippen LogP contribution in [-0.2, 0) is 17.6 Å². The Labute approximate surface area is 159 Å². The van der Waals surface area contributed by atoms with Crippen LogP contribution in [0.5, 0.6) is 0 Å². The predicted molar refractivity (Wildman–Crippen MR) is 103 cm³/mol. The van der Waals surface area contributed by atoms with Crippen LogP contribution in [0.2, 0.25) is 0 Å². The molecule has 1 heterocycles. The minimum Gasteiger partial charge on any atom is -0.481 e. The summed E-state index contributed by atoms with van der Waals surface area (Å²) >= 11 is 0. The van der Waals surface area contributed by atoms with Gasteiger partial charge in [0, 0.05) is 17.8 Å². The first-order valence-corrected chi connectivity index (χ1v) is 9.03. The molecule has 0 radical (unpaired) electrons. The van der Waals surface area contributed by atoms with Crippen LogP contribution < -0.4 is 5.32 Å². The molecule has 0 fully saturated rings. The lowest BCUT2D eigenvalue weighted by Crippen LogP contribution is -2.34. The molecule has 2 rings (SSSR count). The highest BCUT2D eigenvalue weighted by Gasteiger charge is 2.24. The molecule has 27 heavy (non-hydrogen) atoms. The van der Waals surface area contributed by atoms with Crippen molar-refractivity contribution in [2.75, 3.05) is 6.54 Å². The highest BCUT2D eigenvalue weighted by atomic mass is 16.4. The fraction of sp³-hybridized carbons (Fsp3) is 0.381. The van der Waals surface area contributed by atoms with E-state index in [1.165, 1.54) is 6.92 Å². The second-order valence-corrected chi connectivity index (χ2v) is 6.83. The zero-order valence-electron chi connectivity index (χ0n) is 16.2. The van der Waals surface area contributed by atoms with E-state index in [1.54, 1.807) is 6.92 Å². The maximum absolute atomic E-state index is 12.6.